The van der Waals surface area contributed by atoms with Crippen LogP contribution in [0.5, 0.6) is 0 Å². The Morgan fingerprint density at radius 1 is 1.16 bits per heavy atom. The summed E-state index contributed by atoms with van der Waals surface area (Å²) in [6.07, 6.45) is 0.913. The molecular weight excluding hydrogens is 261 g/mol. The minimum Gasteiger partial charge on any atom is -0.388 e. The van der Waals surface area contributed by atoms with Crippen molar-refractivity contribution in [3.63, 3.8) is 0 Å². The second-order valence-electron chi connectivity index (χ2n) is 5.13. The van der Waals surface area contributed by atoms with Crippen molar-refractivity contribution >= 4 is 5.91 Å². The smallest absolute Gasteiger partial charge is 0.388 e. The van der Waals surface area contributed by atoms with Crippen molar-refractivity contribution in [2.75, 3.05) is 19.6 Å². The maximum Gasteiger partial charge on any atom is 0.401 e. The van der Waals surface area contributed by atoms with Crippen LogP contribution in [0.3, 0.4) is 0 Å². The van der Waals surface area contributed by atoms with E-state index < -0.39 is 30.8 Å². The number of aliphatic hydroxyl groups is 1. The number of halogens is 3. The van der Waals surface area contributed by atoms with Crippen LogP contribution in [0.1, 0.15) is 38.5 Å². The quantitative estimate of drug-likeness (QED) is 0.667. The summed E-state index contributed by atoms with van der Waals surface area (Å²) in [5, 5.41) is 14.7. The van der Waals surface area contributed by atoms with Crippen molar-refractivity contribution in [3.05, 3.63) is 0 Å². The number of nitrogens with one attached hydrogen (secondary N) is 2. The molecule has 0 radical (unpaired) electrons. The first-order chi connectivity index (χ1) is 8.81. The maximum atomic E-state index is 11.9. The molecule has 0 aromatic carbocycles. The fraction of sp³-hybridized carbons (Fsp3) is 0.917. The molecule has 1 rings (SSSR count). The SMILES string of the molecule is O=C(CNCC(F)(F)F)NCC1(O)CCCCCC1. The van der Waals surface area contributed by atoms with Crippen LogP contribution in [0.4, 0.5) is 13.2 Å². The molecule has 7 heteroatoms. The van der Waals surface area contributed by atoms with Gasteiger partial charge in [-0.15, -0.1) is 0 Å². The van der Waals surface area contributed by atoms with Gasteiger partial charge in [-0.1, -0.05) is 25.7 Å². The van der Waals surface area contributed by atoms with E-state index in [9.17, 15) is 23.1 Å². The van der Waals surface area contributed by atoms with E-state index in [2.05, 4.69) is 5.32 Å². The van der Waals surface area contributed by atoms with Crippen molar-refractivity contribution in [2.45, 2.75) is 50.3 Å². The summed E-state index contributed by atoms with van der Waals surface area (Å²) in [6, 6.07) is 0. The lowest BCUT2D eigenvalue weighted by Crippen LogP contribution is -2.46. The van der Waals surface area contributed by atoms with Crippen molar-refractivity contribution in [2.24, 2.45) is 0 Å². The fourth-order valence-electron chi connectivity index (χ4n) is 2.21. The molecule has 0 unspecified atom stereocenters. The fourth-order valence-corrected chi connectivity index (χ4v) is 2.21. The molecule has 0 spiro atoms. The van der Waals surface area contributed by atoms with Crippen LogP contribution in [-0.4, -0.2) is 42.4 Å². The molecule has 19 heavy (non-hydrogen) atoms. The minimum atomic E-state index is -4.32. The molecule has 0 atom stereocenters. The maximum absolute atomic E-state index is 11.9. The highest BCUT2D eigenvalue weighted by molar-refractivity contribution is 5.78. The minimum absolute atomic E-state index is 0.111. The van der Waals surface area contributed by atoms with Gasteiger partial charge in [-0.3, -0.25) is 4.79 Å². The van der Waals surface area contributed by atoms with Crippen molar-refractivity contribution in [1.82, 2.24) is 10.6 Å². The molecule has 112 valence electrons. The third-order valence-corrected chi connectivity index (χ3v) is 3.26. The van der Waals surface area contributed by atoms with Crippen LogP contribution in [-0.2, 0) is 4.79 Å². The largest absolute Gasteiger partial charge is 0.401 e. The third kappa shape index (κ3) is 7.37. The third-order valence-electron chi connectivity index (χ3n) is 3.26. The van der Waals surface area contributed by atoms with Gasteiger partial charge in [0.15, 0.2) is 0 Å². The van der Waals surface area contributed by atoms with Gasteiger partial charge in [0.1, 0.15) is 0 Å². The molecule has 3 N–H and O–H groups in total. The van der Waals surface area contributed by atoms with Crippen LogP contribution < -0.4 is 10.6 Å². The Labute approximate surface area is 110 Å². The molecule has 0 heterocycles. The number of hydrogen-bond acceptors (Lipinski definition) is 3. The van der Waals surface area contributed by atoms with Gasteiger partial charge in [0.2, 0.25) is 5.91 Å². The van der Waals surface area contributed by atoms with Crippen LogP contribution in [0, 0.1) is 0 Å². The summed E-state index contributed by atoms with van der Waals surface area (Å²) >= 11 is 0. The lowest BCUT2D eigenvalue weighted by atomic mass is 9.94. The van der Waals surface area contributed by atoms with E-state index in [1.807, 2.05) is 5.32 Å². The van der Waals surface area contributed by atoms with Crippen LogP contribution in [0.2, 0.25) is 0 Å². The Morgan fingerprint density at radius 3 is 2.26 bits per heavy atom. The molecule has 0 bridgehead atoms. The predicted octanol–water partition coefficient (Wildman–Crippen LogP) is 1.34. The van der Waals surface area contributed by atoms with Gasteiger partial charge in [0.25, 0.3) is 0 Å². The summed E-state index contributed by atoms with van der Waals surface area (Å²) in [6.45, 7) is -1.47. The molecule has 0 aromatic heterocycles. The lowest BCUT2D eigenvalue weighted by molar-refractivity contribution is -0.129. The van der Waals surface area contributed by atoms with Crippen LogP contribution in [0.15, 0.2) is 0 Å². The predicted molar refractivity (Wildman–Crippen MR) is 64.6 cm³/mol. The second-order valence-corrected chi connectivity index (χ2v) is 5.13. The van der Waals surface area contributed by atoms with Gasteiger partial charge in [-0.2, -0.15) is 13.2 Å². The van der Waals surface area contributed by atoms with E-state index in [1.165, 1.54) is 0 Å². The van der Waals surface area contributed by atoms with E-state index >= 15 is 0 Å². The standard InChI is InChI=1S/C12H21F3N2O2/c13-12(14,15)9-16-7-10(18)17-8-11(19)5-3-1-2-4-6-11/h16,19H,1-9H2,(H,17,18). The van der Waals surface area contributed by atoms with E-state index in [0.717, 1.165) is 25.7 Å². The number of amides is 1. The van der Waals surface area contributed by atoms with Gasteiger partial charge in [0, 0.05) is 6.54 Å². The second kappa shape index (κ2) is 7.09. The highest BCUT2D eigenvalue weighted by atomic mass is 19.4. The molecule has 1 aliphatic carbocycles. The first kappa shape index (κ1) is 16.2. The monoisotopic (exact) mass is 282 g/mol. The summed E-state index contributed by atoms with van der Waals surface area (Å²) in [5.74, 6) is -0.526. The number of alkyl halides is 3. The molecule has 1 saturated carbocycles. The van der Waals surface area contributed by atoms with E-state index in [1.54, 1.807) is 0 Å². The van der Waals surface area contributed by atoms with Gasteiger partial charge < -0.3 is 15.7 Å². The molecule has 1 amide bonds. The Bertz CT molecular complexity index is 287. The van der Waals surface area contributed by atoms with Crippen LogP contribution in [0.25, 0.3) is 0 Å². The van der Waals surface area contributed by atoms with Crippen molar-refractivity contribution in [1.29, 1.82) is 0 Å². The molecule has 1 fully saturated rings. The Balaban J connectivity index is 2.21. The van der Waals surface area contributed by atoms with Crippen molar-refractivity contribution < 1.29 is 23.1 Å². The summed E-state index contributed by atoms with van der Waals surface area (Å²) in [4.78, 5) is 11.3. The zero-order chi connectivity index (χ0) is 14.4. The Morgan fingerprint density at radius 2 is 1.74 bits per heavy atom. The average Bonchev–Trinajstić information content (AvgIpc) is 2.51. The van der Waals surface area contributed by atoms with Gasteiger partial charge in [-0.25, -0.2) is 0 Å². The van der Waals surface area contributed by atoms with E-state index in [0.29, 0.717) is 12.8 Å². The molecule has 4 nitrogen and oxygen atoms in total. The molecule has 0 aromatic rings. The van der Waals surface area contributed by atoms with Crippen molar-refractivity contribution in [3.8, 4) is 0 Å². The average molecular weight is 282 g/mol. The zero-order valence-electron chi connectivity index (χ0n) is 10.9. The lowest BCUT2D eigenvalue weighted by Gasteiger charge is -2.26. The van der Waals surface area contributed by atoms with Gasteiger partial charge in [0.05, 0.1) is 18.7 Å². The summed E-state index contributed by atoms with van der Waals surface area (Å²) < 4.78 is 35.6. The molecule has 0 aliphatic heterocycles. The molecule has 1 aliphatic rings. The van der Waals surface area contributed by atoms with E-state index in [4.69, 9.17) is 0 Å². The topological polar surface area (TPSA) is 61.4 Å². The van der Waals surface area contributed by atoms with Gasteiger partial charge >= 0.3 is 6.18 Å². The van der Waals surface area contributed by atoms with E-state index in [-0.39, 0.29) is 6.54 Å². The van der Waals surface area contributed by atoms with Crippen LogP contribution >= 0.6 is 0 Å². The first-order valence-electron chi connectivity index (χ1n) is 6.57. The summed E-state index contributed by atoms with van der Waals surface area (Å²) in [7, 11) is 0. The van der Waals surface area contributed by atoms with Gasteiger partial charge in [-0.05, 0) is 12.8 Å². The Hall–Kier alpha value is -0.820. The summed E-state index contributed by atoms with van der Waals surface area (Å²) in [5.41, 5.74) is -0.907. The highest BCUT2D eigenvalue weighted by Crippen LogP contribution is 2.26. The number of carbonyl (C=O) groups is 1. The number of hydrogen-bond donors (Lipinski definition) is 3. The Kier molecular flexibility index (Phi) is 6.06. The normalized spacial score (nSPS) is 19.8. The number of rotatable bonds is 5. The number of carbonyl (C=O) groups excluding carboxylic acids is 1. The molecule has 0 saturated heterocycles. The first-order valence-corrected chi connectivity index (χ1v) is 6.57. The molecular formula is C12H21F3N2O2. The zero-order valence-corrected chi connectivity index (χ0v) is 10.9. The highest BCUT2D eigenvalue weighted by Gasteiger charge is 2.29.